The summed E-state index contributed by atoms with van der Waals surface area (Å²) in [5, 5.41) is 3.16. The molecule has 0 radical (unpaired) electrons. The zero-order valence-corrected chi connectivity index (χ0v) is 11.8. The monoisotopic (exact) mass is 261 g/mol. The van der Waals surface area contributed by atoms with Gasteiger partial charge in [-0.05, 0) is 50.6 Å². The van der Waals surface area contributed by atoms with Gasteiger partial charge in [-0.2, -0.15) is 0 Å². The van der Waals surface area contributed by atoms with Crippen molar-refractivity contribution in [2.45, 2.75) is 32.2 Å². The Bertz CT molecular complexity index is 459. The van der Waals surface area contributed by atoms with Gasteiger partial charge in [0.15, 0.2) is 0 Å². The summed E-state index contributed by atoms with van der Waals surface area (Å²) in [6, 6.07) is 6.49. The van der Waals surface area contributed by atoms with E-state index in [2.05, 4.69) is 23.5 Å². The number of likely N-dealkylation sites (N-methyl/N-ethyl adjacent to an activating group) is 1. The average Bonchev–Trinajstić information content (AvgIpc) is 2.44. The fourth-order valence-electron chi connectivity index (χ4n) is 2.58. The normalized spacial score (nSPS) is 16.4. The highest BCUT2D eigenvalue weighted by Gasteiger charge is 2.27. The Balaban J connectivity index is 2.28. The van der Waals surface area contributed by atoms with Gasteiger partial charge in [0.05, 0.1) is 0 Å². The number of amides is 1. The third-order valence-electron chi connectivity index (χ3n) is 3.73. The van der Waals surface area contributed by atoms with Crippen LogP contribution in [0.25, 0.3) is 0 Å². The highest BCUT2D eigenvalue weighted by Crippen LogP contribution is 2.30. The van der Waals surface area contributed by atoms with Crippen molar-refractivity contribution in [3.05, 3.63) is 29.3 Å². The number of hydrogen-bond acceptors (Lipinski definition) is 3. The van der Waals surface area contributed by atoms with E-state index in [-0.39, 0.29) is 11.9 Å². The molecular weight excluding hydrogens is 238 g/mol. The van der Waals surface area contributed by atoms with Crippen LogP contribution in [0.15, 0.2) is 18.2 Å². The lowest BCUT2D eigenvalue weighted by molar-refractivity contribution is -0.119. The summed E-state index contributed by atoms with van der Waals surface area (Å²) < 4.78 is 0. The van der Waals surface area contributed by atoms with E-state index < -0.39 is 0 Å². The maximum atomic E-state index is 12.1. The minimum atomic E-state index is 0.0645. The number of aryl methyl sites for hydroxylation is 1. The van der Waals surface area contributed by atoms with Crippen molar-refractivity contribution in [2.24, 2.45) is 5.73 Å². The number of benzene rings is 1. The molecular formula is C15H23N3O. The fourth-order valence-corrected chi connectivity index (χ4v) is 2.58. The third kappa shape index (κ3) is 2.96. The molecule has 0 spiro atoms. The molecule has 1 heterocycles. The van der Waals surface area contributed by atoms with Crippen molar-refractivity contribution in [2.75, 3.05) is 25.0 Å². The van der Waals surface area contributed by atoms with Gasteiger partial charge in [-0.25, -0.2) is 0 Å². The summed E-state index contributed by atoms with van der Waals surface area (Å²) in [6.07, 6.45) is 2.45. The van der Waals surface area contributed by atoms with Crippen LogP contribution in [0.5, 0.6) is 0 Å². The third-order valence-corrected chi connectivity index (χ3v) is 3.73. The van der Waals surface area contributed by atoms with Crippen LogP contribution in [-0.4, -0.2) is 32.1 Å². The molecule has 104 valence electrons. The first-order valence-electron chi connectivity index (χ1n) is 6.96. The van der Waals surface area contributed by atoms with Crippen molar-refractivity contribution >= 4 is 11.6 Å². The van der Waals surface area contributed by atoms with E-state index >= 15 is 0 Å². The summed E-state index contributed by atoms with van der Waals surface area (Å²) in [5.74, 6) is 0.188. The smallest absolute Gasteiger partial charge is 0.227 e. The molecule has 0 saturated heterocycles. The van der Waals surface area contributed by atoms with Gasteiger partial charge in [0.1, 0.15) is 0 Å². The van der Waals surface area contributed by atoms with Crippen LogP contribution in [-0.2, 0) is 17.6 Å². The number of nitrogens with one attached hydrogen (secondary N) is 1. The maximum Gasteiger partial charge on any atom is 0.227 e. The van der Waals surface area contributed by atoms with Crippen LogP contribution >= 0.6 is 0 Å². The van der Waals surface area contributed by atoms with Gasteiger partial charge in [0.25, 0.3) is 0 Å². The Hall–Kier alpha value is -1.39. The number of nitrogens with two attached hydrogens (primary N) is 1. The molecule has 0 fully saturated rings. The van der Waals surface area contributed by atoms with Gasteiger partial charge < -0.3 is 16.0 Å². The predicted molar refractivity (Wildman–Crippen MR) is 78.4 cm³/mol. The lowest BCUT2D eigenvalue weighted by Gasteiger charge is -2.34. The van der Waals surface area contributed by atoms with Gasteiger partial charge in [-0.15, -0.1) is 0 Å². The lowest BCUT2D eigenvalue weighted by Crippen LogP contribution is -2.45. The molecule has 0 aliphatic carbocycles. The Morgan fingerprint density at radius 2 is 2.21 bits per heavy atom. The molecule has 0 bridgehead atoms. The van der Waals surface area contributed by atoms with Crippen molar-refractivity contribution in [3.8, 4) is 0 Å². The van der Waals surface area contributed by atoms with Gasteiger partial charge in [0.2, 0.25) is 5.91 Å². The molecule has 4 nitrogen and oxygen atoms in total. The summed E-state index contributed by atoms with van der Waals surface area (Å²) in [6.45, 7) is 3.47. The topological polar surface area (TPSA) is 58.4 Å². The van der Waals surface area contributed by atoms with E-state index in [9.17, 15) is 4.79 Å². The molecule has 4 heteroatoms. The molecule has 2 rings (SSSR count). The number of fused-ring (bicyclic) bond motifs is 1. The van der Waals surface area contributed by atoms with E-state index in [1.165, 1.54) is 11.1 Å². The van der Waals surface area contributed by atoms with Crippen LogP contribution < -0.4 is 16.0 Å². The first-order chi connectivity index (χ1) is 9.17. The second-order valence-corrected chi connectivity index (χ2v) is 5.17. The van der Waals surface area contributed by atoms with Crippen molar-refractivity contribution in [3.63, 3.8) is 0 Å². The SMILES string of the molecule is CNCCc1ccc2c(c1)CCC(=O)N2C(C)CN. The van der Waals surface area contributed by atoms with Crippen LogP contribution in [0.2, 0.25) is 0 Å². The number of nitrogens with zero attached hydrogens (tertiary/aromatic N) is 1. The first-order valence-corrected chi connectivity index (χ1v) is 6.96. The van der Waals surface area contributed by atoms with Crippen molar-refractivity contribution in [1.29, 1.82) is 0 Å². The lowest BCUT2D eigenvalue weighted by atomic mass is 9.96. The number of anilines is 1. The summed E-state index contributed by atoms with van der Waals surface area (Å²) >= 11 is 0. The Kier molecular flexibility index (Phi) is 4.56. The minimum Gasteiger partial charge on any atom is -0.328 e. The molecule has 19 heavy (non-hydrogen) atoms. The molecule has 1 aliphatic rings. The fraction of sp³-hybridized carbons (Fsp3) is 0.533. The number of hydrogen-bond donors (Lipinski definition) is 2. The Morgan fingerprint density at radius 1 is 1.42 bits per heavy atom. The zero-order valence-electron chi connectivity index (χ0n) is 11.8. The van der Waals surface area contributed by atoms with Gasteiger partial charge in [-0.1, -0.05) is 12.1 Å². The molecule has 0 aromatic heterocycles. The molecule has 1 aromatic carbocycles. The predicted octanol–water partition coefficient (Wildman–Crippen LogP) is 1.07. The number of carbonyl (C=O) groups excluding carboxylic acids is 1. The minimum absolute atomic E-state index is 0.0645. The molecule has 1 amide bonds. The highest BCUT2D eigenvalue weighted by atomic mass is 16.2. The second-order valence-electron chi connectivity index (χ2n) is 5.17. The van der Waals surface area contributed by atoms with Crippen LogP contribution in [0, 0.1) is 0 Å². The zero-order chi connectivity index (χ0) is 13.8. The van der Waals surface area contributed by atoms with E-state index in [4.69, 9.17) is 5.73 Å². The maximum absolute atomic E-state index is 12.1. The Morgan fingerprint density at radius 3 is 2.89 bits per heavy atom. The molecule has 0 saturated carbocycles. The van der Waals surface area contributed by atoms with E-state index in [0.29, 0.717) is 13.0 Å². The molecule has 3 N–H and O–H groups in total. The van der Waals surface area contributed by atoms with E-state index in [1.54, 1.807) is 0 Å². The summed E-state index contributed by atoms with van der Waals surface area (Å²) in [5.41, 5.74) is 9.35. The van der Waals surface area contributed by atoms with Crippen LogP contribution in [0.4, 0.5) is 5.69 Å². The average molecular weight is 261 g/mol. The first kappa shape index (κ1) is 14.0. The van der Waals surface area contributed by atoms with E-state index in [0.717, 1.165) is 25.1 Å². The van der Waals surface area contributed by atoms with Gasteiger partial charge in [-0.3, -0.25) is 4.79 Å². The highest BCUT2D eigenvalue weighted by molar-refractivity contribution is 5.97. The summed E-state index contributed by atoms with van der Waals surface area (Å²) in [4.78, 5) is 13.9. The van der Waals surface area contributed by atoms with Crippen molar-refractivity contribution in [1.82, 2.24) is 5.32 Å². The van der Waals surface area contributed by atoms with Crippen LogP contribution in [0.1, 0.15) is 24.5 Å². The second kappa shape index (κ2) is 6.17. The quantitative estimate of drug-likeness (QED) is 0.833. The van der Waals surface area contributed by atoms with E-state index in [1.807, 2.05) is 18.9 Å². The molecule has 1 atom stereocenters. The largest absolute Gasteiger partial charge is 0.328 e. The molecule has 1 aromatic rings. The standard InChI is InChI=1S/C15H23N3O/c1-11(10-16)18-14-5-3-12(7-8-17-2)9-13(14)4-6-15(18)19/h3,5,9,11,17H,4,6-8,10,16H2,1-2H3. The van der Waals surface area contributed by atoms with Crippen molar-refractivity contribution < 1.29 is 4.79 Å². The number of carbonyl (C=O) groups is 1. The number of rotatable bonds is 5. The van der Waals surface area contributed by atoms with Crippen LogP contribution in [0.3, 0.4) is 0 Å². The molecule has 1 aliphatic heterocycles. The Labute approximate surface area is 115 Å². The summed E-state index contributed by atoms with van der Waals surface area (Å²) in [7, 11) is 1.96. The van der Waals surface area contributed by atoms with Gasteiger partial charge in [0, 0.05) is 24.7 Å². The van der Waals surface area contributed by atoms with Gasteiger partial charge >= 0.3 is 0 Å². The molecule has 1 unspecified atom stereocenters.